The summed E-state index contributed by atoms with van der Waals surface area (Å²) in [7, 11) is 0. The summed E-state index contributed by atoms with van der Waals surface area (Å²) in [5, 5.41) is 10.4. The zero-order valence-corrected chi connectivity index (χ0v) is 12.6. The van der Waals surface area contributed by atoms with Crippen LogP contribution in [0.4, 0.5) is 4.79 Å². The number of carbonyl (C=O) groups is 1. The van der Waals surface area contributed by atoms with E-state index in [-0.39, 0.29) is 6.04 Å². The first-order valence-electron chi connectivity index (χ1n) is 6.18. The van der Waals surface area contributed by atoms with E-state index in [0.29, 0.717) is 10.8 Å². The van der Waals surface area contributed by atoms with Gasteiger partial charge in [-0.3, -0.25) is 5.21 Å². The van der Waals surface area contributed by atoms with Crippen LogP contribution in [0, 0.1) is 0 Å². The van der Waals surface area contributed by atoms with Gasteiger partial charge in [-0.05, 0) is 39.8 Å². The quantitative estimate of drug-likeness (QED) is 0.519. The van der Waals surface area contributed by atoms with E-state index in [2.05, 4.69) is 0 Å². The highest BCUT2D eigenvalue weighted by atomic mass is 32.2. The Morgan fingerprint density at radius 2 is 1.95 bits per heavy atom. The molecule has 0 heterocycles. The zero-order chi connectivity index (χ0) is 14.5. The van der Waals surface area contributed by atoms with Gasteiger partial charge in [0.2, 0.25) is 0 Å². The summed E-state index contributed by atoms with van der Waals surface area (Å²) in [5.74, 6) is 0.597. The van der Waals surface area contributed by atoms with E-state index in [4.69, 9.17) is 4.74 Å². The van der Waals surface area contributed by atoms with Crippen molar-refractivity contribution in [3.8, 4) is 0 Å². The van der Waals surface area contributed by atoms with Gasteiger partial charge < -0.3 is 4.74 Å². The average Bonchev–Trinajstić information content (AvgIpc) is 2.34. The molecular weight excluding hydrogens is 262 g/mol. The van der Waals surface area contributed by atoms with E-state index in [1.165, 1.54) is 0 Å². The van der Waals surface area contributed by atoms with Gasteiger partial charge in [0.25, 0.3) is 0 Å². The molecule has 0 spiro atoms. The van der Waals surface area contributed by atoms with Gasteiger partial charge in [-0.2, -0.15) is 5.06 Å². The van der Waals surface area contributed by atoms with Crippen LogP contribution in [-0.4, -0.2) is 33.8 Å². The molecule has 1 unspecified atom stereocenters. The number of benzene rings is 1. The van der Waals surface area contributed by atoms with Crippen LogP contribution in [0.3, 0.4) is 0 Å². The third-order valence-corrected chi connectivity index (χ3v) is 3.49. The van der Waals surface area contributed by atoms with Gasteiger partial charge in [-0.15, -0.1) is 11.8 Å². The second-order valence-electron chi connectivity index (χ2n) is 5.30. The van der Waals surface area contributed by atoms with Gasteiger partial charge in [-0.25, -0.2) is 4.79 Å². The molecule has 1 aromatic rings. The van der Waals surface area contributed by atoms with Crippen LogP contribution in [0.25, 0.3) is 0 Å². The number of ether oxygens (including phenoxy) is 1. The van der Waals surface area contributed by atoms with E-state index >= 15 is 0 Å². The predicted molar refractivity (Wildman–Crippen MR) is 76.5 cm³/mol. The molecule has 0 aromatic heterocycles. The van der Waals surface area contributed by atoms with Crippen LogP contribution < -0.4 is 0 Å². The Bertz CT molecular complexity index is 403. The van der Waals surface area contributed by atoms with Crippen molar-refractivity contribution in [1.82, 2.24) is 5.06 Å². The van der Waals surface area contributed by atoms with Crippen molar-refractivity contribution < 1.29 is 14.7 Å². The molecule has 106 valence electrons. The van der Waals surface area contributed by atoms with Gasteiger partial charge in [-0.1, -0.05) is 18.2 Å². The Labute approximate surface area is 118 Å². The highest BCUT2D eigenvalue weighted by Gasteiger charge is 2.24. The van der Waals surface area contributed by atoms with Crippen molar-refractivity contribution in [3.05, 3.63) is 30.3 Å². The van der Waals surface area contributed by atoms with Gasteiger partial charge in [0.05, 0.1) is 6.04 Å². The lowest BCUT2D eigenvalue weighted by Crippen LogP contribution is -2.40. The van der Waals surface area contributed by atoms with Gasteiger partial charge in [0.15, 0.2) is 0 Å². The van der Waals surface area contributed by atoms with E-state index in [1.54, 1.807) is 39.5 Å². The maximum atomic E-state index is 11.7. The smallest absolute Gasteiger partial charge is 0.434 e. The number of thioether (sulfide) groups is 1. The number of nitrogens with zero attached hydrogens (tertiary/aromatic N) is 1. The Morgan fingerprint density at radius 3 is 2.47 bits per heavy atom. The second-order valence-corrected chi connectivity index (χ2v) is 6.39. The molecule has 1 N–H and O–H groups in total. The first-order valence-corrected chi connectivity index (χ1v) is 7.17. The summed E-state index contributed by atoms with van der Waals surface area (Å²) in [4.78, 5) is 12.8. The monoisotopic (exact) mass is 283 g/mol. The van der Waals surface area contributed by atoms with Crippen molar-refractivity contribution in [2.24, 2.45) is 0 Å². The zero-order valence-electron chi connectivity index (χ0n) is 11.8. The molecule has 4 nitrogen and oxygen atoms in total. The fourth-order valence-electron chi connectivity index (χ4n) is 1.29. The van der Waals surface area contributed by atoms with Gasteiger partial charge >= 0.3 is 6.09 Å². The molecule has 1 aromatic carbocycles. The molecule has 0 radical (unpaired) electrons. The number of hydrogen-bond donors (Lipinski definition) is 1. The molecule has 0 bridgehead atoms. The van der Waals surface area contributed by atoms with Crippen molar-refractivity contribution in [2.45, 2.75) is 44.2 Å². The molecule has 1 amide bonds. The normalized spacial score (nSPS) is 12.9. The average molecular weight is 283 g/mol. The minimum absolute atomic E-state index is 0.319. The number of rotatable bonds is 4. The van der Waals surface area contributed by atoms with Crippen LogP contribution >= 0.6 is 11.8 Å². The Morgan fingerprint density at radius 1 is 1.37 bits per heavy atom. The molecule has 1 atom stereocenters. The first kappa shape index (κ1) is 15.9. The lowest BCUT2D eigenvalue weighted by molar-refractivity contribution is -0.111. The lowest BCUT2D eigenvalue weighted by atomic mass is 10.2. The fraction of sp³-hybridized carbons (Fsp3) is 0.500. The summed E-state index contributed by atoms with van der Waals surface area (Å²) in [6, 6.07) is 9.53. The highest BCUT2D eigenvalue weighted by Crippen LogP contribution is 2.20. The molecular formula is C14H21NO3S. The summed E-state index contributed by atoms with van der Waals surface area (Å²) < 4.78 is 5.10. The van der Waals surface area contributed by atoms with Gasteiger partial charge in [0.1, 0.15) is 5.60 Å². The maximum absolute atomic E-state index is 11.7. The molecule has 0 aliphatic rings. The Kier molecular flexibility index (Phi) is 5.69. The summed E-state index contributed by atoms with van der Waals surface area (Å²) in [5.41, 5.74) is -0.607. The Hall–Kier alpha value is -1.20. The third-order valence-electron chi connectivity index (χ3n) is 2.23. The minimum Gasteiger partial charge on any atom is -0.442 e. The Balaban J connectivity index is 2.44. The van der Waals surface area contributed by atoms with E-state index < -0.39 is 11.7 Å². The molecule has 0 saturated carbocycles. The van der Waals surface area contributed by atoms with E-state index in [0.717, 1.165) is 4.90 Å². The van der Waals surface area contributed by atoms with E-state index in [1.807, 2.05) is 30.3 Å². The van der Waals surface area contributed by atoms with Crippen LogP contribution in [-0.2, 0) is 4.74 Å². The van der Waals surface area contributed by atoms with Crippen molar-refractivity contribution in [1.29, 1.82) is 0 Å². The highest BCUT2D eigenvalue weighted by molar-refractivity contribution is 7.99. The molecule has 0 saturated heterocycles. The van der Waals surface area contributed by atoms with Crippen LogP contribution in [0.2, 0.25) is 0 Å². The van der Waals surface area contributed by atoms with E-state index in [9.17, 15) is 10.0 Å². The van der Waals surface area contributed by atoms with Crippen LogP contribution in [0.15, 0.2) is 35.2 Å². The van der Waals surface area contributed by atoms with Crippen molar-refractivity contribution >= 4 is 17.9 Å². The number of hydroxylamine groups is 2. The van der Waals surface area contributed by atoms with Crippen molar-refractivity contribution in [2.75, 3.05) is 5.75 Å². The fourth-order valence-corrected chi connectivity index (χ4v) is 2.22. The maximum Gasteiger partial charge on any atom is 0.434 e. The van der Waals surface area contributed by atoms with Crippen LogP contribution in [0.1, 0.15) is 27.7 Å². The minimum atomic E-state index is -0.714. The topological polar surface area (TPSA) is 49.8 Å². The van der Waals surface area contributed by atoms with Crippen molar-refractivity contribution in [3.63, 3.8) is 0 Å². The predicted octanol–water partition coefficient (Wildman–Crippen LogP) is 3.79. The molecule has 19 heavy (non-hydrogen) atoms. The number of amides is 1. The first-order chi connectivity index (χ1) is 8.79. The number of carbonyl (C=O) groups excluding carboxylic acids is 1. The van der Waals surface area contributed by atoms with Crippen LogP contribution in [0.5, 0.6) is 0 Å². The second kappa shape index (κ2) is 6.82. The largest absolute Gasteiger partial charge is 0.442 e. The molecule has 0 aliphatic heterocycles. The van der Waals surface area contributed by atoms with Gasteiger partial charge in [0, 0.05) is 10.6 Å². The molecule has 0 fully saturated rings. The standard InChI is InChI=1S/C14H21NO3S/c1-11(10-19-12-8-6-5-7-9-12)15(17)13(16)18-14(2,3)4/h5-9,11,17H,10H2,1-4H3. The summed E-state index contributed by atoms with van der Waals surface area (Å²) >= 11 is 1.58. The number of hydrogen-bond acceptors (Lipinski definition) is 4. The molecule has 1 rings (SSSR count). The SMILES string of the molecule is CC(CSc1ccccc1)N(O)C(=O)OC(C)(C)C. The lowest BCUT2D eigenvalue weighted by Gasteiger charge is -2.26. The third kappa shape index (κ3) is 5.98. The molecule has 0 aliphatic carbocycles. The summed E-state index contributed by atoms with van der Waals surface area (Å²) in [6.07, 6.45) is -0.714. The summed E-state index contributed by atoms with van der Waals surface area (Å²) in [6.45, 7) is 7.08. The molecule has 5 heteroatoms.